The van der Waals surface area contributed by atoms with Crippen LogP contribution in [0, 0.1) is 5.92 Å². The van der Waals surface area contributed by atoms with Crippen LogP contribution in [-0.2, 0) is 11.2 Å². The molecule has 27 heavy (non-hydrogen) atoms. The highest BCUT2D eigenvalue weighted by molar-refractivity contribution is 5.85. The van der Waals surface area contributed by atoms with Gasteiger partial charge in [-0.15, -0.1) is 0 Å². The summed E-state index contributed by atoms with van der Waals surface area (Å²) in [7, 11) is 0. The second kappa shape index (κ2) is 7.03. The summed E-state index contributed by atoms with van der Waals surface area (Å²) in [5.74, 6) is -0.380. The van der Waals surface area contributed by atoms with Crippen molar-refractivity contribution in [2.24, 2.45) is 5.92 Å². The maximum absolute atomic E-state index is 11.0. The first-order chi connectivity index (χ1) is 13.1. The average Bonchev–Trinajstić information content (AvgIpc) is 3.12. The van der Waals surface area contributed by atoms with Crippen LogP contribution in [0.3, 0.4) is 0 Å². The first-order valence-electron chi connectivity index (χ1n) is 8.83. The molecular weight excluding hydrogens is 338 g/mol. The Kier molecular flexibility index (Phi) is 4.42. The topological polar surface area (TPSA) is 68.0 Å². The first-order valence-corrected chi connectivity index (χ1v) is 8.83. The van der Waals surface area contributed by atoms with E-state index in [9.17, 15) is 4.79 Å². The molecule has 2 aromatic carbocycles. The van der Waals surface area contributed by atoms with Crippen LogP contribution in [0.25, 0.3) is 27.8 Å². The first kappa shape index (κ1) is 17.0. The Bertz CT molecular complexity index is 1090. The van der Waals surface area contributed by atoms with E-state index in [-0.39, 0.29) is 5.92 Å². The Balaban J connectivity index is 1.67. The van der Waals surface area contributed by atoms with Crippen molar-refractivity contribution in [3.63, 3.8) is 0 Å². The highest BCUT2D eigenvalue weighted by Gasteiger charge is 2.12. The van der Waals surface area contributed by atoms with E-state index < -0.39 is 5.97 Å². The molecule has 5 heteroatoms. The molecule has 134 valence electrons. The van der Waals surface area contributed by atoms with Gasteiger partial charge in [0.05, 0.1) is 17.6 Å². The number of carboxylic acid groups (broad SMARTS) is 1. The van der Waals surface area contributed by atoms with Crippen molar-refractivity contribution < 1.29 is 9.90 Å². The number of fused-ring (bicyclic) bond motifs is 1. The van der Waals surface area contributed by atoms with Gasteiger partial charge in [-0.05, 0) is 41.3 Å². The third-order valence-electron chi connectivity index (χ3n) is 4.69. The van der Waals surface area contributed by atoms with Crippen molar-refractivity contribution >= 4 is 16.9 Å². The summed E-state index contributed by atoms with van der Waals surface area (Å²) in [4.78, 5) is 15.4. The minimum Gasteiger partial charge on any atom is -0.481 e. The number of aromatic nitrogens is 3. The molecule has 1 N–H and O–H groups in total. The largest absolute Gasteiger partial charge is 0.481 e. The molecule has 4 aromatic rings. The fourth-order valence-electron chi connectivity index (χ4n) is 3.13. The van der Waals surface area contributed by atoms with Crippen molar-refractivity contribution in [3.05, 3.63) is 78.6 Å². The fourth-order valence-corrected chi connectivity index (χ4v) is 3.13. The van der Waals surface area contributed by atoms with Crippen molar-refractivity contribution in [2.45, 2.75) is 13.3 Å². The molecule has 0 amide bonds. The summed E-state index contributed by atoms with van der Waals surface area (Å²) in [6.45, 7) is 1.73. The monoisotopic (exact) mass is 357 g/mol. The van der Waals surface area contributed by atoms with Crippen LogP contribution >= 0.6 is 0 Å². The normalized spacial score (nSPS) is 12.2. The summed E-state index contributed by atoms with van der Waals surface area (Å²) >= 11 is 0. The molecule has 2 aromatic heterocycles. The number of aliphatic carboxylic acids is 1. The number of carboxylic acids is 1. The van der Waals surface area contributed by atoms with Crippen LogP contribution in [0.1, 0.15) is 12.5 Å². The maximum atomic E-state index is 11.0. The van der Waals surface area contributed by atoms with Gasteiger partial charge in [0.1, 0.15) is 0 Å². The highest BCUT2D eigenvalue weighted by atomic mass is 16.4. The predicted octanol–water partition coefficient (Wildman–Crippen LogP) is 4.35. The number of hydrogen-bond acceptors (Lipinski definition) is 3. The van der Waals surface area contributed by atoms with E-state index in [1.54, 1.807) is 13.1 Å². The quantitative estimate of drug-likeness (QED) is 0.576. The molecule has 0 saturated heterocycles. The number of hydrogen-bond donors (Lipinski definition) is 1. The standard InChI is InChI=1S/C22H19N3O2/c1-15(22(26)27)12-16-5-7-17(8-6-16)18-9-10-19-14-24-25(20(19)13-18)21-4-2-3-11-23-21/h2-11,13-15H,12H2,1H3,(H,26,27)/t15-/m0/s1. The number of pyridine rings is 1. The zero-order valence-corrected chi connectivity index (χ0v) is 14.9. The molecule has 2 heterocycles. The second-order valence-electron chi connectivity index (χ2n) is 6.66. The van der Waals surface area contributed by atoms with Crippen LogP contribution in [0.15, 0.2) is 73.1 Å². The van der Waals surface area contributed by atoms with Gasteiger partial charge >= 0.3 is 5.97 Å². The van der Waals surface area contributed by atoms with Crippen LogP contribution in [0.5, 0.6) is 0 Å². The third kappa shape index (κ3) is 3.44. The predicted molar refractivity (Wildman–Crippen MR) is 105 cm³/mol. The minimum absolute atomic E-state index is 0.389. The molecule has 0 radical (unpaired) electrons. The highest BCUT2D eigenvalue weighted by Crippen LogP contribution is 2.26. The Morgan fingerprint density at radius 3 is 2.56 bits per heavy atom. The average molecular weight is 357 g/mol. The van der Waals surface area contributed by atoms with E-state index in [0.29, 0.717) is 6.42 Å². The van der Waals surface area contributed by atoms with Crippen LogP contribution in [0.4, 0.5) is 0 Å². The molecule has 5 nitrogen and oxygen atoms in total. The van der Waals surface area contributed by atoms with Gasteiger partial charge in [0, 0.05) is 11.6 Å². The van der Waals surface area contributed by atoms with E-state index in [1.807, 2.05) is 53.3 Å². The molecule has 0 spiro atoms. The van der Waals surface area contributed by atoms with E-state index in [0.717, 1.165) is 33.4 Å². The zero-order valence-electron chi connectivity index (χ0n) is 14.9. The summed E-state index contributed by atoms with van der Waals surface area (Å²) in [6.07, 6.45) is 4.12. The summed E-state index contributed by atoms with van der Waals surface area (Å²) in [6, 6.07) is 20.0. The lowest BCUT2D eigenvalue weighted by Gasteiger charge is -2.08. The van der Waals surface area contributed by atoms with Crippen LogP contribution in [-0.4, -0.2) is 25.8 Å². The smallest absolute Gasteiger partial charge is 0.306 e. The Morgan fingerprint density at radius 2 is 1.85 bits per heavy atom. The molecule has 0 saturated carbocycles. The zero-order chi connectivity index (χ0) is 18.8. The SMILES string of the molecule is C[C@@H](Cc1ccc(-c2ccc3cnn(-c4ccccn4)c3c2)cc1)C(=O)O. The van der Waals surface area contributed by atoms with E-state index in [1.165, 1.54) is 0 Å². The molecule has 4 rings (SSSR count). The Hall–Kier alpha value is -3.47. The lowest BCUT2D eigenvalue weighted by molar-refractivity contribution is -0.141. The van der Waals surface area contributed by atoms with Crippen molar-refractivity contribution in [2.75, 3.05) is 0 Å². The number of carbonyl (C=O) groups is 1. The van der Waals surface area contributed by atoms with E-state index >= 15 is 0 Å². The fraction of sp³-hybridized carbons (Fsp3) is 0.136. The van der Waals surface area contributed by atoms with Crippen molar-refractivity contribution in [3.8, 4) is 16.9 Å². The van der Waals surface area contributed by atoms with Crippen LogP contribution in [0.2, 0.25) is 0 Å². The van der Waals surface area contributed by atoms with Gasteiger partial charge in [-0.1, -0.05) is 49.4 Å². The Morgan fingerprint density at radius 1 is 1.07 bits per heavy atom. The summed E-state index contributed by atoms with van der Waals surface area (Å²) in [5.41, 5.74) is 4.18. The van der Waals surface area contributed by atoms with E-state index in [2.05, 4.69) is 28.3 Å². The van der Waals surface area contributed by atoms with Crippen LogP contribution < -0.4 is 0 Å². The number of rotatable bonds is 5. The molecule has 0 unspecified atom stereocenters. The van der Waals surface area contributed by atoms with Gasteiger partial charge in [0.25, 0.3) is 0 Å². The lowest BCUT2D eigenvalue weighted by atomic mass is 9.98. The lowest BCUT2D eigenvalue weighted by Crippen LogP contribution is -2.12. The molecule has 1 atom stereocenters. The van der Waals surface area contributed by atoms with Crippen molar-refractivity contribution in [1.82, 2.24) is 14.8 Å². The third-order valence-corrected chi connectivity index (χ3v) is 4.69. The Labute approximate surface area is 156 Å². The summed E-state index contributed by atoms with van der Waals surface area (Å²) < 4.78 is 1.84. The van der Waals surface area contributed by atoms with Gasteiger partial charge < -0.3 is 5.11 Å². The minimum atomic E-state index is -0.771. The van der Waals surface area contributed by atoms with Gasteiger partial charge in [0.15, 0.2) is 5.82 Å². The van der Waals surface area contributed by atoms with Gasteiger partial charge in [-0.25, -0.2) is 9.67 Å². The molecule has 0 aliphatic rings. The second-order valence-corrected chi connectivity index (χ2v) is 6.66. The van der Waals surface area contributed by atoms with Gasteiger partial charge in [0.2, 0.25) is 0 Å². The molecule has 0 aliphatic heterocycles. The van der Waals surface area contributed by atoms with Crippen molar-refractivity contribution in [1.29, 1.82) is 0 Å². The maximum Gasteiger partial charge on any atom is 0.306 e. The number of nitrogens with zero attached hydrogens (tertiary/aromatic N) is 3. The number of benzene rings is 2. The van der Waals surface area contributed by atoms with Gasteiger partial charge in [-0.2, -0.15) is 5.10 Å². The summed E-state index contributed by atoms with van der Waals surface area (Å²) in [5, 5.41) is 14.6. The molecule has 0 aliphatic carbocycles. The molecule has 0 fully saturated rings. The molecular formula is C22H19N3O2. The van der Waals surface area contributed by atoms with E-state index in [4.69, 9.17) is 5.11 Å². The molecule has 0 bridgehead atoms. The van der Waals surface area contributed by atoms with Gasteiger partial charge in [-0.3, -0.25) is 4.79 Å².